The summed E-state index contributed by atoms with van der Waals surface area (Å²) in [6.45, 7) is 4.15. The molecule has 4 unspecified atom stereocenters. The van der Waals surface area contributed by atoms with Crippen LogP contribution in [0.15, 0.2) is 30.3 Å². The number of carbonyl (C=O) groups excluding carboxylic acids is 1. The lowest BCUT2D eigenvalue weighted by atomic mass is 10.0. The van der Waals surface area contributed by atoms with Crippen LogP contribution in [0.25, 0.3) is 0 Å². The van der Waals surface area contributed by atoms with E-state index in [1.54, 1.807) is 0 Å². The zero-order chi connectivity index (χ0) is 18.1. The number of Topliss-reactive ketones (excluding diaryl/α,β-unsaturated/α-hetero) is 1. The summed E-state index contributed by atoms with van der Waals surface area (Å²) in [6.07, 6.45) is -2.53. The highest BCUT2D eigenvalue weighted by molar-refractivity contribution is 5.81. The van der Waals surface area contributed by atoms with Crippen molar-refractivity contribution in [3.8, 4) is 0 Å². The SMILES string of the molecule is CCOCOC(C(C)=O)C1OC(c2ccccc2)OCC1OCOC. The van der Waals surface area contributed by atoms with Gasteiger partial charge in [-0.15, -0.1) is 0 Å². The minimum atomic E-state index is -0.816. The molecule has 2 rings (SSSR count). The summed E-state index contributed by atoms with van der Waals surface area (Å²) in [4.78, 5) is 12.1. The van der Waals surface area contributed by atoms with Crippen molar-refractivity contribution in [1.29, 1.82) is 0 Å². The van der Waals surface area contributed by atoms with Crippen LogP contribution in [0.5, 0.6) is 0 Å². The lowest BCUT2D eigenvalue weighted by Gasteiger charge is -2.39. The summed E-state index contributed by atoms with van der Waals surface area (Å²) < 4.78 is 33.2. The first kappa shape index (κ1) is 20.0. The molecule has 0 bridgehead atoms. The Morgan fingerprint density at radius 1 is 1.28 bits per heavy atom. The Kier molecular flexibility index (Phi) is 8.47. The van der Waals surface area contributed by atoms with Gasteiger partial charge in [0.15, 0.2) is 12.1 Å². The standard InChI is InChI=1S/C18H26O7/c1-4-21-12-24-16(13(2)19)17-15(23-11-20-3)10-22-18(25-17)14-8-6-5-7-9-14/h5-9,15-18H,4,10-12H2,1-3H3. The van der Waals surface area contributed by atoms with Crippen molar-refractivity contribution in [2.75, 3.05) is 33.9 Å². The van der Waals surface area contributed by atoms with Crippen molar-refractivity contribution in [2.45, 2.75) is 38.4 Å². The smallest absolute Gasteiger partial charge is 0.184 e. The first-order valence-corrected chi connectivity index (χ1v) is 8.29. The summed E-state index contributed by atoms with van der Waals surface area (Å²) in [5.41, 5.74) is 0.866. The Morgan fingerprint density at radius 3 is 2.68 bits per heavy atom. The minimum Gasteiger partial charge on any atom is -0.359 e. The van der Waals surface area contributed by atoms with Gasteiger partial charge in [-0.2, -0.15) is 0 Å². The molecule has 1 aliphatic heterocycles. The van der Waals surface area contributed by atoms with Crippen LogP contribution in [0.2, 0.25) is 0 Å². The van der Waals surface area contributed by atoms with Gasteiger partial charge in [0.2, 0.25) is 0 Å². The average Bonchev–Trinajstić information content (AvgIpc) is 2.64. The van der Waals surface area contributed by atoms with E-state index in [0.717, 1.165) is 5.56 Å². The van der Waals surface area contributed by atoms with Crippen LogP contribution in [0.4, 0.5) is 0 Å². The van der Waals surface area contributed by atoms with Crippen molar-refractivity contribution in [1.82, 2.24) is 0 Å². The van der Waals surface area contributed by atoms with E-state index in [2.05, 4.69) is 0 Å². The van der Waals surface area contributed by atoms with E-state index < -0.39 is 24.6 Å². The van der Waals surface area contributed by atoms with Crippen LogP contribution in [0.1, 0.15) is 25.7 Å². The lowest BCUT2D eigenvalue weighted by Crippen LogP contribution is -2.52. The molecule has 140 valence electrons. The molecule has 25 heavy (non-hydrogen) atoms. The number of hydrogen-bond donors (Lipinski definition) is 0. The summed E-state index contributed by atoms with van der Waals surface area (Å²) in [7, 11) is 1.53. The largest absolute Gasteiger partial charge is 0.359 e. The highest BCUT2D eigenvalue weighted by atomic mass is 16.7. The molecular weight excluding hydrogens is 328 g/mol. The van der Waals surface area contributed by atoms with Crippen molar-refractivity contribution < 1.29 is 33.2 Å². The average molecular weight is 354 g/mol. The number of ketones is 1. The second kappa shape index (κ2) is 10.6. The van der Waals surface area contributed by atoms with Gasteiger partial charge in [-0.05, 0) is 13.8 Å². The number of hydrogen-bond acceptors (Lipinski definition) is 7. The van der Waals surface area contributed by atoms with Crippen LogP contribution >= 0.6 is 0 Å². The number of methoxy groups -OCH3 is 1. The Hall–Kier alpha value is -1.35. The maximum absolute atomic E-state index is 12.1. The van der Waals surface area contributed by atoms with E-state index in [0.29, 0.717) is 6.61 Å². The van der Waals surface area contributed by atoms with Gasteiger partial charge < -0.3 is 28.4 Å². The van der Waals surface area contributed by atoms with Crippen LogP contribution in [-0.2, 0) is 33.2 Å². The molecule has 0 N–H and O–H groups in total. The predicted molar refractivity (Wildman–Crippen MR) is 88.8 cm³/mol. The first-order chi connectivity index (χ1) is 12.2. The number of carbonyl (C=O) groups is 1. The second-order valence-corrected chi connectivity index (χ2v) is 5.60. The van der Waals surface area contributed by atoms with E-state index >= 15 is 0 Å². The summed E-state index contributed by atoms with van der Waals surface area (Å²) in [5.74, 6) is -0.163. The molecular formula is C18H26O7. The lowest BCUT2D eigenvalue weighted by molar-refractivity contribution is -0.297. The van der Waals surface area contributed by atoms with Crippen LogP contribution < -0.4 is 0 Å². The summed E-state index contributed by atoms with van der Waals surface area (Å²) in [6, 6.07) is 9.53. The van der Waals surface area contributed by atoms with E-state index in [1.807, 2.05) is 37.3 Å². The molecule has 7 heteroatoms. The van der Waals surface area contributed by atoms with Crippen molar-refractivity contribution in [3.05, 3.63) is 35.9 Å². The van der Waals surface area contributed by atoms with E-state index in [-0.39, 0.29) is 26.0 Å². The zero-order valence-corrected chi connectivity index (χ0v) is 14.9. The van der Waals surface area contributed by atoms with Crippen molar-refractivity contribution >= 4 is 5.78 Å². The summed E-state index contributed by atoms with van der Waals surface area (Å²) >= 11 is 0. The Labute approximate surface area is 148 Å². The van der Waals surface area contributed by atoms with E-state index in [1.165, 1.54) is 14.0 Å². The molecule has 1 fully saturated rings. The van der Waals surface area contributed by atoms with Gasteiger partial charge in [0.25, 0.3) is 0 Å². The fourth-order valence-electron chi connectivity index (χ4n) is 2.54. The molecule has 0 saturated carbocycles. The molecule has 7 nitrogen and oxygen atoms in total. The molecule has 1 saturated heterocycles. The molecule has 4 atom stereocenters. The Morgan fingerprint density at radius 2 is 2.04 bits per heavy atom. The van der Waals surface area contributed by atoms with Crippen molar-refractivity contribution in [2.24, 2.45) is 0 Å². The quantitative estimate of drug-likeness (QED) is 0.470. The number of rotatable bonds is 10. The van der Waals surface area contributed by atoms with Gasteiger partial charge >= 0.3 is 0 Å². The third-order valence-corrected chi connectivity index (χ3v) is 3.76. The maximum Gasteiger partial charge on any atom is 0.184 e. The molecule has 0 spiro atoms. The molecule has 0 radical (unpaired) electrons. The molecule has 1 aromatic carbocycles. The Bertz CT molecular complexity index is 507. The third-order valence-electron chi connectivity index (χ3n) is 3.76. The topological polar surface area (TPSA) is 72.5 Å². The van der Waals surface area contributed by atoms with Gasteiger partial charge in [-0.25, -0.2) is 0 Å². The van der Waals surface area contributed by atoms with Gasteiger partial charge in [0.05, 0.1) is 6.61 Å². The molecule has 1 aliphatic rings. The van der Waals surface area contributed by atoms with Gasteiger partial charge in [0.1, 0.15) is 31.9 Å². The second-order valence-electron chi connectivity index (χ2n) is 5.60. The highest BCUT2D eigenvalue weighted by Crippen LogP contribution is 2.30. The fourth-order valence-corrected chi connectivity index (χ4v) is 2.54. The normalized spacial score (nSPS) is 24.8. The fraction of sp³-hybridized carbons (Fsp3) is 0.611. The molecule has 0 amide bonds. The van der Waals surface area contributed by atoms with Gasteiger partial charge in [0, 0.05) is 19.3 Å². The van der Waals surface area contributed by atoms with Gasteiger partial charge in [-0.1, -0.05) is 30.3 Å². The van der Waals surface area contributed by atoms with E-state index in [4.69, 9.17) is 28.4 Å². The third kappa shape index (κ3) is 5.85. The molecule has 1 aromatic rings. The maximum atomic E-state index is 12.1. The van der Waals surface area contributed by atoms with Crippen LogP contribution in [0, 0.1) is 0 Å². The van der Waals surface area contributed by atoms with Crippen LogP contribution in [-0.4, -0.2) is 58.0 Å². The Balaban J connectivity index is 2.13. The predicted octanol–water partition coefficient (Wildman–Crippen LogP) is 2.06. The molecule has 0 aromatic heterocycles. The minimum absolute atomic E-state index is 0.00840. The van der Waals surface area contributed by atoms with Crippen LogP contribution in [0.3, 0.4) is 0 Å². The number of benzene rings is 1. The first-order valence-electron chi connectivity index (χ1n) is 8.29. The highest BCUT2D eigenvalue weighted by Gasteiger charge is 2.41. The monoisotopic (exact) mass is 354 g/mol. The number of ether oxygens (including phenoxy) is 6. The van der Waals surface area contributed by atoms with Gasteiger partial charge in [-0.3, -0.25) is 4.79 Å². The molecule has 0 aliphatic carbocycles. The van der Waals surface area contributed by atoms with Crippen molar-refractivity contribution in [3.63, 3.8) is 0 Å². The molecule has 1 heterocycles. The summed E-state index contributed by atoms with van der Waals surface area (Å²) in [5, 5.41) is 0. The van der Waals surface area contributed by atoms with E-state index in [9.17, 15) is 4.79 Å². The zero-order valence-electron chi connectivity index (χ0n) is 14.9.